The smallest absolute Gasteiger partial charge is 0.339 e. The van der Waals surface area contributed by atoms with E-state index in [-0.39, 0.29) is 11.7 Å². The molecule has 0 amide bonds. The summed E-state index contributed by atoms with van der Waals surface area (Å²) in [4.78, 5) is 11.2. The van der Waals surface area contributed by atoms with Gasteiger partial charge in [0.2, 0.25) is 0 Å². The maximum Gasteiger partial charge on any atom is 0.339 e. The number of carboxylic acid groups (broad SMARTS) is 1. The van der Waals surface area contributed by atoms with Crippen molar-refractivity contribution in [2.75, 3.05) is 5.73 Å². The molecule has 0 saturated heterocycles. The molecule has 0 bridgehead atoms. The Hall–Kier alpha value is -1.71. The fraction of sp³-hybridized carbons (Fsp3) is 0.533. The number of aromatic carboxylic acids is 1. The second-order valence-electron chi connectivity index (χ2n) is 5.21. The van der Waals surface area contributed by atoms with Gasteiger partial charge in [-0.15, -0.1) is 0 Å². The first kappa shape index (κ1) is 13.7. The number of nitrogens with two attached hydrogens (primary N) is 1. The third kappa shape index (κ3) is 3.19. The van der Waals surface area contributed by atoms with E-state index >= 15 is 0 Å². The summed E-state index contributed by atoms with van der Waals surface area (Å²) >= 11 is 0. The van der Waals surface area contributed by atoms with Gasteiger partial charge in [-0.05, 0) is 37.3 Å². The lowest BCUT2D eigenvalue weighted by Crippen LogP contribution is -2.26. The van der Waals surface area contributed by atoms with Crippen molar-refractivity contribution >= 4 is 11.7 Å². The molecule has 1 saturated carbocycles. The van der Waals surface area contributed by atoms with Gasteiger partial charge in [-0.2, -0.15) is 0 Å². The number of para-hydroxylation sites is 1. The normalized spacial score (nSPS) is 23.0. The van der Waals surface area contributed by atoms with Crippen molar-refractivity contribution in [3.63, 3.8) is 0 Å². The van der Waals surface area contributed by atoms with Crippen LogP contribution in [0.1, 0.15) is 49.4 Å². The molecule has 3 N–H and O–H groups in total. The summed E-state index contributed by atoms with van der Waals surface area (Å²) in [7, 11) is 0. The van der Waals surface area contributed by atoms with Crippen molar-refractivity contribution in [1.29, 1.82) is 0 Å². The zero-order valence-electron chi connectivity index (χ0n) is 11.3. The van der Waals surface area contributed by atoms with Gasteiger partial charge in [0, 0.05) is 0 Å². The summed E-state index contributed by atoms with van der Waals surface area (Å²) < 4.78 is 5.90. The van der Waals surface area contributed by atoms with Crippen molar-refractivity contribution in [1.82, 2.24) is 0 Å². The quantitative estimate of drug-likeness (QED) is 0.817. The van der Waals surface area contributed by atoms with Crippen LogP contribution in [-0.4, -0.2) is 17.2 Å². The highest BCUT2D eigenvalue weighted by Gasteiger charge is 2.24. The molecule has 2 atom stereocenters. The van der Waals surface area contributed by atoms with Gasteiger partial charge in [-0.3, -0.25) is 0 Å². The molecule has 1 aliphatic rings. The first-order valence-corrected chi connectivity index (χ1v) is 6.90. The molecule has 19 heavy (non-hydrogen) atoms. The van der Waals surface area contributed by atoms with E-state index in [1.807, 2.05) is 0 Å². The monoisotopic (exact) mass is 263 g/mol. The third-order valence-corrected chi connectivity index (χ3v) is 3.87. The molecule has 0 spiro atoms. The second-order valence-corrected chi connectivity index (χ2v) is 5.21. The highest BCUT2D eigenvalue weighted by atomic mass is 16.5. The number of carbonyl (C=O) groups is 1. The molecule has 2 unspecified atom stereocenters. The number of ether oxygens (including phenoxy) is 1. The standard InChI is InChI=1S/C15H21NO3/c1-2-10-5-3-6-11(9-10)19-14-12(15(17)18)7-4-8-13(14)16/h4,7-8,10-11H,2-3,5-6,9,16H2,1H3,(H,17,18). The van der Waals surface area contributed by atoms with Crippen LogP contribution in [0.4, 0.5) is 5.69 Å². The summed E-state index contributed by atoms with van der Waals surface area (Å²) in [5, 5.41) is 9.18. The maximum absolute atomic E-state index is 11.2. The Morgan fingerprint density at radius 1 is 1.47 bits per heavy atom. The molecule has 1 aromatic carbocycles. The minimum atomic E-state index is -0.995. The van der Waals surface area contributed by atoms with E-state index in [2.05, 4.69) is 6.92 Å². The maximum atomic E-state index is 11.2. The van der Waals surface area contributed by atoms with Gasteiger partial charge >= 0.3 is 5.97 Å². The fourth-order valence-corrected chi connectivity index (χ4v) is 2.74. The SMILES string of the molecule is CCC1CCCC(Oc2c(N)cccc2C(=O)O)C1. The van der Waals surface area contributed by atoms with Gasteiger partial charge in [0.15, 0.2) is 5.75 Å². The van der Waals surface area contributed by atoms with Gasteiger partial charge in [0.25, 0.3) is 0 Å². The molecule has 4 nitrogen and oxygen atoms in total. The average Bonchev–Trinajstić information content (AvgIpc) is 2.41. The number of benzene rings is 1. The molecule has 1 fully saturated rings. The van der Waals surface area contributed by atoms with Gasteiger partial charge in [-0.1, -0.05) is 25.8 Å². The summed E-state index contributed by atoms with van der Waals surface area (Å²) in [5.74, 6) is 0.0128. The van der Waals surface area contributed by atoms with E-state index in [0.717, 1.165) is 25.7 Å². The van der Waals surface area contributed by atoms with Gasteiger partial charge in [0.05, 0.1) is 11.8 Å². The summed E-state index contributed by atoms with van der Waals surface area (Å²) in [5.41, 5.74) is 6.41. The molecule has 2 rings (SSSR count). The van der Waals surface area contributed by atoms with E-state index in [1.54, 1.807) is 12.1 Å². The average molecular weight is 263 g/mol. The van der Waals surface area contributed by atoms with Crippen LogP contribution in [0, 0.1) is 5.92 Å². The van der Waals surface area contributed by atoms with Gasteiger partial charge < -0.3 is 15.6 Å². The lowest BCUT2D eigenvalue weighted by molar-refractivity contribution is 0.0682. The van der Waals surface area contributed by atoms with E-state index < -0.39 is 5.97 Å². The first-order valence-electron chi connectivity index (χ1n) is 6.90. The van der Waals surface area contributed by atoms with Crippen LogP contribution < -0.4 is 10.5 Å². The molecule has 1 aromatic rings. The summed E-state index contributed by atoms with van der Waals surface area (Å²) in [6.07, 6.45) is 5.58. The van der Waals surface area contributed by atoms with Crippen molar-refractivity contribution in [3.8, 4) is 5.75 Å². The van der Waals surface area contributed by atoms with Gasteiger partial charge in [-0.25, -0.2) is 4.79 Å². The lowest BCUT2D eigenvalue weighted by Gasteiger charge is -2.29. The molecule has 0 aromatic heterocycles. The van der Waals surface area contributed by atoms with Crippen LogP contribution in [0.25, 0.3) is 0 Å². The van der Waals surface area contributed by atoms with Crippen LogP contribution in [-0.2, 0) is 0 Å². The highest BCUT2D eigenvalue weighted by molar-refractivity contribution is 5.93. The Kier molecular flexibility index (Phi) is 4.30. The number of carboxylic acids is 1. The molecule has 4 heteroatoms. The third-order valence-electron chi connectivity index (χ3n) is 3.87. The van der Waals surface area contributed by atoms with Crippen molar-refractivity contribution < 1.29 is 14.6 Å². The molecule has 1 aliphatic carbocycles. The van der Waals surface area contributed by atoms with Crippen LogP contribution in [0.2, 0.25) is 0 Å². The Bertz CT molecular complexity index is 459. The topological polar surface area (TPSA) is 72.5 Å². The number of rotatable bonds is 4. The van der Waals surface area contributed by atoms with E-state index in [9.17, 15) is 9.90 Å². The molecule has 104 valence electrons. The van der Waals surface area contributed by atoms with Crippen LogP contribution in [0.3, 0.4) is 0 Å². The van der Waals surface area contributed by atoms with Crippen LogP contribution >= 0.6 is 0 Å². The Balaban J connectivity index is 2.16. The van der Waals surface area contributed by atoms with E-state index in [1.165, 1.54) is 12.5 Å². The molecular formula is C15H21NO3. The largest absolute Gasteiger partial charge is 0.487 e. The van der Waals surface area contributed by atoms with Crippen molar-refractivity contribution in [3.05, 3.63) is 23.8 Å². The minimum absolute atomic E-state index is 0.0847. The van der Waals surface area contributed by atoms with E-state index in [0.29, 0.717) is 17.4 Å². The molecule has 0 heterocycles. The van der Waals surface area contributed by atoms with Crippen LogP contribution in [0.15, 0.2) is 18.2 Å². The Morgan fingerprint density at radius 3 is 2.95 bits per heavy atom. The predicted octanol–water partition coefficient (Wildman–Crippen LogP) is 3.31. The number of hydrogen-bond acceptors (Lipinski definition) is 3. The number of anilines is 1. The minimum Gasteiger partial charge on any atom is -0.487 e. The van der Waals surface area contributed by atoms with Crippen molar-refractivity contribution in [2.45, 2.75) is 45.1 Å². The van der Waals surface area contributed by atoms with Crippen molar-refractivity contribution in [2.24, 2.45) is 5.92 Å². The van der Waals surface area contributed by atoms with Crippen LogP contribution in [0.5, 0.6) is 5.75 Å². The zero-order chi connectivity index (χ0) is 13.8. The Labute approximate surface area is 113 Å². The highest BCUT2D eigenvalue weighted by Crippen LogP contribution is 2.33. The second kappa shape index (κ2) is 5.95. The summed E-state index contributed by atoms with van der Waals surface area (Å²) in [6.45, 7) is 2.19. The molecule has 0 radical (unpaired) electrons. The molecule has 0 aliphatic heterocycles. The van der Waals surface area contributed by atoms with Gasteiger partial charge in [0.1, 0.15) is 5.56 Å². The van der Waals surface area contributed by atoms with E-state index in [4.69, 9.17) is 10.5 Å². The fourth-order valence-electron chi connectivity index (χ4n) is 2.74. The first-order chi connectivity index (χ1) is 9.11. The summed E-state index contributed by atoms with van der Waals surface area (Å²) in [6, 6.07) is 4.86. The predicted molar refractivity (Wildman–Crippen MR) is 74.5 cm³/mol. The number of hydrogen-bond donors (Lipinski definition) is 2. The molecular weight excluding hydrogens is 242 g/mol. The number of nitrogen functional groups attached to an aromatic ring is 1. The zero-order valence-corrected chi connectivity index (χ0v) is 11.3. The lowest BCUT2D eigenvalue weighted by atomic mass is 9.85. The Morgan fingerprint density at radius 2 is 2.26 bits per heavy atom.